The van der Waals surface area contributed by atoms with Crippen molar-refractivity contribution < 1.29 is 9.59 Å². The molecule has 1 fully saturated rings. The predicted molar refractivity (Wildman–Crippen MR) is 106 cm³/mol. The highest BCUT2D eigenvalue weighted by Gasteiger charge is 2.21. The SMILES string of the molecule is CCN(Cc1ccccc1)C(=O)c1cc(N2CCN(C(C)=O)CC2)ccn1. The Kier molecular flexibility index (Phi) is 6.06. The van der Waals surface area contributed by atoms with Crippen LogP contribution in [-0.4, -0.2) is 59.3 Å². The van der Waals surface area contributed by atoms with Crippen molar-refractivity contribution in [2.24, 2.45) is 0 Å². The van der Waals surface area contributed by atoms with E-state index in [2.05, 4.69) is 9.88 Å². The first-order chi connectivity index (χ1) is 13.1. The number of anilines is 1. The van der Waals surface area contributed by atoms with Crippen LogP contribution in [0.15, 0.2) is 48.7 Å². The standard InChI is InChI=1S/C21H26N4O2/c1-3-23(16-18-7-5-4-6-8-18)21(27)20-15-19(9-10-22-20)25-13-11-24(12-14-25)17(2)26/h4-10,15H,3,11-14,16H2,1-2H3. The van der Waals surface area contributed by atoms with E-state index < -0.39 is 0 Å². The van der Waals surface area contributed by atoms with E-state index in [1.54, 1.807) is 18.0 Å². The Bertz CT molecular complexity index is 786. The number of aromatic nitrogens is 1. The Morgan fingerprint density at radius 2 is 1.78 bits per heavy atom. The average molecular weight is 366 g/mol. The number of hydrogen-bond donors (Lipinski definition) is 0. The van der Waals surface area contributed by atoms with E-state index in [1.165, 1.54) is 0 Å². The average Bonchev–Trinajstić information content (AvgIpc) is 2.72. The maximum atomic E-state index is 12.9. The Balaban J connectivity index is 1.70. The van der Waals surface area contributed by atoms with Crippen molar-refractivity contribution in [3.63, 3.8) is 0 Å². The summed E-state index contributed by atoms with van der Waals surface area (Å²) in [5.41, 5.74) is 2.54. The first kappa shape index (κ1) is 18.9. The van der Waals surface area contributed by atoms with Crippen LogP contribution in [0.3, 0.4) is 0 Å². The number of pyridine rings is 1. The number of carbonyl (C=O) groups excluding carboxylic acids is 2. The van der Waals surface area contributed by atoms with Gasteiger partial charge in [0, 0.05) is 58.1 Å². The molecule has 142 valence electrons. The fourth-order valence-corrected chi connectivity index (χ4v) is 3.31. The third-order valence-corrected chi connectivity index (χ3v) is 4.94. The second kappa shape index (κ2) is 8.66. The summed E-state index contributed by atoms with van der Waals surface area (Å²) in [5, 5.41) is 0. The van der Waals surface area contributed by atoms with Crippen LogP contribution in [0.4, 0.5) is 5.69 Å². The van der Waals surface area contributed by atoms with Gasteiger partial charge in [-0.05, 0) is 24.6 Å². The lowest BCUT2D eigenvalue weighted by atomic mass is 10.2. The number of carbonyl (C=O) groups is 2. The van der Waals surface area contributed by atoms with Crippen LogP contribution in [0, 0.1) is 0 Å². The molecule has 1 aliphatic rings. The molecule has 27 heavy (non-hydrogen) atoms. The molecule has 1 aliphatic heterocycles. The zero-order valence-corrected chi connectivity index (χ0v) is 16.0. The van der Waals surface area contributed by atoms with Gasteiger partial charge in [-0.3, -0.25) is 14.6 Å². The van der Waals surface area contributed by atoms with Gasteiger partial charge in [-0.2, -0.15) is 0 Å². The topological polar surface area (TPSA) is 56.8 Å². The minimum Gasteiger partial charge on any atom is -0.368 e. The number of rotatable bonds is 5. The van der Waals surface area contributed by atoms with Crippen LogP contribution in [0.25, 0.3) is 0 Å². The molecule has 0 spiro atoms. The van der Waals surface area contributed by atoms with Gasteiger partial charge in [0.05, 0.1) is 0 Å². The van der Waals surface area contributed by atoms with E-state index in [0.29, 0.717) is 31.9 Å². The summed E-state index contributed by atoms with van der Waals surface area (Å²) < 4.78 is 0. The van der Waals surface area contributed by atoms with Crippen molar-refractivity contribution in [2.45, 2.75) is 20.4 Å². The van der Waals surface area contributed by atoms with Crippen molar-refractivity contribution in [1.29, 1.82) is 0 Å². The molecule has 3 rings (SSSR count). The van der Waals surface area contributed by atoms with Gasteiger partial charge in [0.1, 0.15) is 5.69 Å². The summed E-state index contributed by atoms with van der Waals surface area (Å²) in [6.45, 7) is 7.70. The molecule has 1 aromatic carbocycles. The van der Waals surface area contributed by atoms with Crippen LogP contribution < -0.4 is 4.90 Å². The second-order valence-electron chi connectivity index (χ2n) is 6.70. The number of hydrogen-bond acceptors (Lipinski definition) is 4. The van der Waals surface area contributed by atoms with Crippen molar-refractivity contribution >= 4 is 17.5 Å². The highest BCUT2D eigenvalue weighted by Crippen LogP contribution is 2.18. The van der Waals surface area contributed by atoms with Gasteiger partial charge in [-0.25, -0.2) is 0 Å². The van der Waals surface area contributed by atoms with Gasteiger partial charge in [0.25, 0.3) is 5.91 Å². The highest BCUT2D eigenvalue weighted by molar-refractivity contribution is 5.93. The Labute approximate surface area is 160 Å². The lowest BCUT2D eigenvalue weighted by molar-refractivity contribution is -0.129. The molecule has 1 saturated heterocycles. The van der Waals surface area contributed by atoms with Crippen LogP contribution in [-0.2, 0) is 11.3 Å². The molecule has 0 bridgehead atoms. The van der Waals surface area contributed by atoms with Crippen LogP contribution in [0.2, 0.25) is 0 Å². The second-order valence-corrected chi connectivity index (χ2v) is 6.70. The maximum Gasteiger partial charge on any atom is 0.272 e. The summed E-state index contributed by atoms with van der Waals surface area (Å²) >= 11 is 0. The van der Waals surface area contributed by atoms with Gasteiger partial charge >= 0.3 is 0 Å². The molecule has 2 heterocycles. The number of piperazine rings is 1. The Morgan fingerprint density at radius 3 is 2.41 bits per heavy atom. The van der Waals surface area contributed by atoms with Crippen molar-refractivity contribution in [3.05, 3.63) is 59.9 Å². The molecule has 2 aromatic rings. The Hall–Kier alpha value is -2.89. The largest absolute Gasteiger partial charge is 0.368 e. The number of benzene rings is 1. The lowest BCUT2D eigenvalue weighted by Gasteiger charge is -2.35. The molecule has 2 amide bonds. The minimum absolute atomic E-state index is 0.0643. The normalized spacial score (nSPS) is 14.1. The van der Waals surface area contributed by atoms with E-state index >= 15 is 0 Å². The van der Waals surface area contributed by atoms with E-state index in [-0.39, 0.29) is 11.8 Å². The summed E-state index contributed by atoms with van der Waals surface area (Å²) in [6.07, 6.45) is 1.69. The first-order valence-corrected chi connectivity index (χ1v) is 9.38. The Morgan fingerprint density at radius 1 is 1.07 bits per heavy atom. The van der Waals surface area contributed by atoms with Crippen molar-refractivity contribution in [2.75, 3.05) is 37.6 Å². The molecule has 6 heteroatoms. The highest BCUT2D eigenvalue weighted by atomic mass is 16.2. The van der Waals surface area contributed by atoms with E-state index in [0.717, 1.165) is 24.3 Å². The summed E-state index contributed by atoms with van der Waals surface area (Å²) in [5.74, 6) is 0.0466. The molecule has 0 N–H and O–H groups in total. The molecule has 0 atom stereocenters. The third kappa shape index (κ3) is 4.64. The summed E-state index contributed by atoms with van der Waals surface area (Å²) in [6, 6.07) is 13.8. The van der Waals surface area contributed by atoms with Crippen molar-refractivity contribution in [3.8, 4) is 0 Å². The number of amides is 2. The fourth-order valence-electron chi connectivity index (χ4n) is 3.31. The van der Waals surface area contributed by atoms with Gasteiger partial charge in [-0.15, -0.1) is 0 Å². The lowest BCUT2D eigenvalue weighted by Crippen LogP contribution is -2.48. The molecule has 1 aromatic heterocycles. The molecule has 0 unspecified atom stereocenters. The van der Waals surface area contributed by atoms with Crippen molar-refractivity contribution in [1.82, 2.24) is 14.8 Å². The van der Waals surface area contributed by atoms with Crippen LogP contribution in [0.5, 0.6) is 0 Å². The van der Waals surface area contributed by atoms with Crippen LogP contribution in [0.1, 0.15) is 29.9 Å². The summed E-state index contributed by atoms with van der Waals surface area (Å²) in [4.78, 5) is 34.6. The van der Waals surface area contributed by atoms with Gasteiger partial charge in [0.15, 0.2) is 0 Å². The molecule has 6 nitrogen and oxygen atoms in total. The molecular weight excluding hydrogens is 340 g/mol. The van der Waals surface area contributed by atoms with Gasteiger partial charge in [-0.1, -0.05) is 30.3 Å². The maximum absolute atomic E-state index is 12.9. The predicted octanol–water partition coefficient (Wildman–Crippen LogP) is 2.41. The molecule has 0 aliphatic carbocycles. The molecule has 0 radical (unpaired) electrons. The fraction of sp³-hybridized carbons (Fsp3) is 0.381. The van der Waals surface area contributed by atoms with E-state index in [9.17, 15) is 9.59 Å². The van der Waals surface area contributed by atoms with Crippen LogP contribution >= 0.6 is 0 Å². The van der Waals surface area contributed by atoms with Gasteiger partial charge in [0.2, 0.25) is 5.91 Å². The zero-order valence-electron chi connectivity index (χ0n) is 16.0. The van der Waals surface area contributed by atoms with E-state index in [4.69, 9.17) is 0 Å². The minimum atomic E-state index is -0.0643. The van der Waals surface area contributed by atoms with E-state index in [1.807, 2.05) is 54.3 Å². The monoisotopic (exact) mass is 366 g/mol. The number of nitrogens with zero attached hydrogens (tertiary/aromatic N) is 4. The molecular formula is C21H26N4O2. The quantitative estimate of drug-likeness (QED) is 0.815. The molecule has 0 saturated carbocycles. The van der Waals surface area contributed by atoms with Gasteiger partial charge < -0.3 is 14.7 Å². The smallest absolute Gasteiger partial charge is 0.272 e. The third-order valence-electron chi connectivity index (χ3n) is 4.94. The zero-order chi connectivity index (χ0) is 19.2. The first-order valence-electron chi connectivity index (χ1n) is 9.38. The summed E-state index contributed by atoms with van der Waals surface area (Å²) in [7, 11) is 0.